The van der Waals surface area contributed by atoms with Crippen molar-refractivity contribution in [1.29, 1.82) is 0 Å². The van der Waals surface area contributed by atoms with Gasteiger partial charge in [-0.05, 0) is 38.8 Å². The monoisotopic (exact) mass is 298 g/mol. The van der Waals surface area contributed by atoms with Gasteiger partial charge in [-0.25, -0.2) is 0 Å². The third-order valence-electron chi connectivity index (χ3n) is 4.19. The van der Waals surface area contributed by atoms with Gasteiger partial charge in [-0.15, -0.1) is 0 Å². The van der Waals surface area contributed by atoms with Gasteiger partial charge in [-0.3, -0.25) is 9.59 Å². The Kier molecular flexibility index (Phi) is 4.50. The second-order valence-corrected chi connectivity index (χ2v) is 5.68. The van der Waals surface area contributed by atoms with Crippen molar-refractivity contribution in [3.63, 3.8) is 0 Å². The largest absolute Gasteiger partial charge is 0.354 e. The lowest BCUT2D eigenvalue weighted by Gasteiger charge is -2.25. The Balaban J connectivity index is 2.32. The molecular formula is C18H22N2O2. The van der Waals surface area contributed by atoms with E-state index in [0.29, 0.717) is 11.3 Å². The van der Waals surface area contributed by atoms with Crippen molar-refractivity contribution < 1.29 is 9.59 Å². The predicted octanol–water partition coefficient (Wildman–Crippen LogP) is 3.67. The maximum atomic E-state index is 12.8. The molecule has 1 aromatic heterocycles. The Morgan fingerprint density at radius 1 is 1.14 bits per heavy atom. The van der Waals surface area contributed by atoms with E-state index in [1.54, 1.807) is 11.9 Å². The Labute approximate surface area is 131 Å². The van der Waals surface area contributed by atoms with Gasteiger partial charge in [0.2, 0.25) is 0 Å². The van der Waals surface area contributed by atoms with E-state index in [0.717, 1.165) is 16.8 Å². The zero-order valence-electron chi connectivity index (χ0n) is 13.7. The first-order valence-electron chi connectivity index (χ1n) is 7.36. The first-order valence-corrected chi connectivity index (χ1v) is 7.36. The number of nitrogens with zero attached hydrogens (tertiary/aromatic N) is 1. The Morgan fingerprint density at radius 2 is 1.73 bits per heavy atom. The van der Waals surface area contributed by atoms with Gasteiger partial charge in [-0.1, -0.05) is 30.3 Å². The number of Topliss-reactive ketones (excluding diaryl/α,β-unsaturated/α-hetero) is 1. The van der Waals surface area contributed by atoms with Gasteiger partial charge in [-0.2, -0.15) is 0 Å². The fourth-order valence-electron chi connectivity index (χ4n) is 2.80. The topological polar surface area (TPSA) is 53.2 Å². The number of hydrogen-bond acceptors (Lipinski definition) is 2. The number of H-pyrrole nitrogens is 1. The number of hydrogen-bond donors (Lipinski definition) is 1. The van der Waals surface area contributed by atoms with Gasteiger partial charge in [0.25, 0.3) is 5.91 Å². The molecule has 1 heterocycles. The molecule has 0 bridgehead atoms. The second-order valence-electron chi connectivity index (χ2n) is 5.68. The number of carbonyl (C=O) groups is 2. The fourth-order valence-corrected chi connectivity index (χ4v) is 2.80. The van der Waals surface area contributed by atoms with Gasteiger partial charge >= 0.3 is 0 Å². The van der Waals surface area contributed by atoms with E-state index >= 15 is 0 Å². The van der Waals surface area contributed by atoms with Crippen molar-refractivity contribution in [2.75, 3.05) is 7.05 Å². The molecule has 0 saturated heterocycles. The third-order valence-corrected chi connectivity index (χ3v) is 4.19. The summed E-state index contributed by atoms with van der Waals surface area (Å²) >= 11 is 0. The minimum Gasteiger partial charge on any atom is -0.354 e. The van der Waals surface area contributed by atoms with Crippen molar-refractivity contribution in [2.45, 2.75) is 33.7 Å². The number of nitrogens with one attached hydrogen (secondary N) is 1. The molecule has 0 unspecified atom stereocenters. The number of aromatic amines is 1. The predicted molar refractivity (Wildman–Crippen MR) is 87.2 cm³/mol. The zero-order chi connectivity index (χ0) is 16.4. The molecule has 22 heavy (non-hydrogen) atoms. The van der Waals surface area contributed by atoms with Crippen LogP contribution in [0, 0.1) is 13.8 Å². The zero-order valence-corrected chi connectivity index (χ0v) is 13.7. The van der Waals surface area contributed by atoms with Crippen molar-refractivity contribution in [3.8, 4) is 0 Å². The number of rotatable bonds is 4. The second kappa shape index (κ2) is 6.18. The molecule has 4 heteroatoms. The summed E-state index contributed by atoms with van der Waals surface area (Å²) in [4.78, 5) is 29.2. The lowest BCUT2D eigenvalue weighted by molar-refractivity contribution is 0.0736. The normalized spacial score (nSPS) is 12.0. The maximum Gasteiger partial charge on any atom is 0.270 e. The number of carbonyl (C=O) groups excluding carboxylic acids is 2. The highest BCUT2D eigenvalue weighted by atomic mass is 16.2. The molecular weight excluding hydrogens is 276 g/mol. The van der Waals surface area contributed by atoms with E-state index in [-0.39, 0.29) is 17.7 Å². The Morgan fingerprint density at radius 3 is 2.23 bits per heavy atom. The van der Waals surface area contributed by atoms with Crippen LogP contribution in [0.2, 0.25) is 0 Å². The third kappa shape index (κ3) is 2.82. The van der Waals surface area contributed by atoms with Gasteiger partial charge in [0.05, 0.1) is 6.04 Å². The van der Waals surface area contributed by atoms with Gasteiger partial charge < -0.3 is 9.88 Å². The van der Waals surface area contributed by atoms with E-state index < -0.39 is 0 Å². The molecule has 0 fully saturated rings. The molecule has 116 valence electrons. The van der Waals surface area contributed by atoms with Gasteiger partial charge in [0.15, 0.2) is 5.78 Å². The van der Waals surface area contributed by atoms with Crippen molar-refractivity contribution in [2.24, 2.45) is 0 Å². The van der Waals surface area contributed by atoms with Crippen molar-refractivity contribution >= 4 is 11.7 Å². The molecule has 0 aliphatic heterocycles. The van der Waals surface area contributed by atoms with Crippen LogP contribution in [-0.4, -0.2) is 28.6 Å². The number of amides is 1. The molecule has 2 aromatic rings. The standard InChI is InChI=1S/C18H22N2O2/c1-11-16(14(4)21)12(2)19-17(11)18(22)20(5)13(3)15-9-7-6-8-10-15/h6-10,13,19H,1-5H3/t13-/m0/s1. The minimum absolute atomic E-state index is 0.0240. The SMILES string of the molecule is CC(=O)c1c(C)[nH]c(C(=O)N(C)[C@@H](C)c2ccccc2)c1C. The number of aryl methyl sites for hydroxylation is 1. The Bertz CT molecular complexity index is 701. The number of ketones is 1. The quantitative estimate of drug-likeness (QED) is 0.876. The summed E-state index contributed by atoms with van der Waals surface area (Å²) in [5, 5.41) is 0. The van der Waals surface area contributed by atoms with E-state index in [1.807, 2.05) is 51.1 Å². The van der Waals surface area contributed by atoms with Gasteiger partial charge in [0, 0.05) is 18.3 Å². The van der Waals surface area contributed by atoms with Crippen LogP contribution in [0.25, 0.3) is 0 Å². The van der Waals surface area contributed by atoms with Gasteiger partial charge in [0.1, 0.15) is 5.69 Å². The van der Waals surface area contributed by atoms with E-state index in [1.165, 1.54) is 6.92 Å². The molecule has 1 amide bonds. The highest BCUT2D eigenvalue weighted by Crippen LogP contribution is 2.24. The summed E-state index contributed by atoms with van der Waals surface area (Å²) in [6.45, 7) is 7.15. The first kappa shape index (κ1) is 16.0. The molecule has 1 aromatic carbocycles. The molecule has 0 radical (unpaired) electrons. The molecule has 2 rings (SSSR count). The summed E-state index contributed by atoms with van der Waals surface area (Å²) in [5.41, 5.74) is 3.65. The minimum atomic E-state index is -0.107. The summed E-state index contributed by atoms with van der Waals surface area (Å²) < 4.78 is 0. The van der Waals surface area contributed by atoms with E-state index in [9.17, 15) is 9.59 Å². The summed E-state index contributed by atoms with van der Waals surface area (Å²) in [6, 6.07) is 9.84. The maximum absolute atomic E-state index is 12.8. The lowest BCUT2D eigenvalue weighted by Crippen LogP contribution is -2.30. The van der Waals surface area contributed by atoms with Crippen LogP contribution >= 0.6 is 0 Å². The van der Waals surface area contributed by atoms with Crippen molar-refractivity contribution in [3.05, 3.63) is 58.4 Å². The summed E-state index contributed by atoms with van der Waals surface area (Å²) in [5.74, 6) is -0.131. The molecule has 0 aliphatic carbocycles. The van der Waals surface area contributed by atoms with E-state index in [4.69, 9.17) is 0 Å². The number of aromatic nitrogens is 1. The number of benzene rings is 1. The highest BCUT2D eigenvalue weighted by molar-refractivity contribution is 6.02. The average Bonchev–Trinajstić information content (AvgIpc) is 2.80. The highest BCUT2D eigenvalue weighted by Gasteiger charge is 2.25. The Hall–Kier alpha value is -2.36. The van der Waals surface area contributed by atoms with Crippen molar-refractivity contribution in [1.82, 2.24) is 9.88 Å². The van der Waals surface area contributed by atoms with Crippen LogP contribution in [0.1, 0.15) is 57.6 Å². The average molecular weight is 298 g/mol. The van der Waals surface area contributed by atoms with Crippen LogP contribution in [0.15, 0.2) is 30.3 Å². The molecule has 1 N–H and O–H groups in total. The smallest absolute Gasteiger partial charge is 0.270 e. The fraction of sp³-hybridized carbons (Fsp3) is 0.333. The summed E-state index contributed by atoms with van der Waals surface area (Å²) in [6.07, 6.45) is 0. The van der Waals surface area contributed by atoms with Crippen LogP contribution in [0.5, 0.6) is 0 Å². The first-order chi connectivity index (χ1) is 10.3. The van der Waals surface area contributed by atoms with E-state index in [2.05, 4.69) is 4.98 Å². The van der Waals surface area contributed by atoms with Crippen LogP contribution < -0.4 is 0 Å². The van der Waals surface area contributed by atoms with Crippen LogP contribution in [0.3, 0.4) is 0 Å². The summed E-state index contributed by atoms with van der Waals surface area (Å²) in [7, 11) is 1.78. The molecule has 1 atom stereocenters. The lowest BCUT2D eigenvalue weighted by atomic mass is 10.0. The molecule has 0 spiro atoms. The molecule has 0 aliphatic rings. The molecule has 0 saturated carbocycles. The molecule has 4 nitrogen and oxygen atoms in total. The van der Waals surface area contributed by atoms with Crippen LogP contribution in [0.4, 0.5) is 0 Å². The van der Waals surface area contributed by atoms with Crippen LogP contribution in [-0.2, 0) is 0 Å².